The summed E-state index contributed by atoms with van der Waals surface area (Å²) in [6, 6.07) is 0. The summed E-state index contributed by atoms with van der Waals surface area (Å²) in [4.78, 5) is 12.3. The third kappa shape index (κ3) is 2.44. The molecule has 2 aliphatic carbocycles. The van der Waals surface area contributed by atoms with E-state index in [2.05, 4.69) is 26.5 Å². The van der Waals surface area contributed by atoms with Crippen LogP contribution in [0.2, 0.25) is 0 Å². The first kappa shape index (κ1) is 13.5. The molecule has 0 heterocycles. The monoisotopic (exact) mass is 248 g/mol. The van der Waals surface area contributed by atoms with E-state index in [9.17, 15) is 4.79 Å². The van der Waals surface area contributed by atoms with E-state index >= 15 is 0 Å². The predicted octanol–water partition coefficient (Wildman–Crippen LogP) is 3.53. The van der Waals surface area contributed by atoms with Crippen LogP contribution in [0, 0.1) is 17.3 Å². The zero-order valence-corrected chi connectivity index (χ0v) is 11.8. The van der Waals surface area contributed by atoms with E-state index < -0.39 is 0 Å². The molecule has 100 valence electrons. The third-order valence-electron chi connectivity index (χ3n) is 4.68. The Hall–Kier alpha value is -0.890. The molecule has 0 N–H and O–H groups in total. The highest BCUT2D eigenvalue weighted by Crippen LogP contribution is 2.56. The first-order chi connectivity index (χ1) is 8.45. The Morgan fingerprint density at radius 2 is 2.22 bits per heavy atom. The number of allylic oxidation sites excluding steroid dienone is 2. The molecule has 0 unspecified atom stereocenters. The Labute approximate surface area is 110 Å². The summed E-state index contributed by atoms with van der Waals surface area (Å²) in [5.41, 5.74) is 2.47. The molecule has 2 atom stereocenters. The number of Topliss-reactive ketones (excluding diaryl/α,β-unsaturated/α-hetero) is 1. The molecular formula is C16H24O2. The first-order valence-electron chi connectivity index (χ1n) is 6.84. The molecule has 0 aromatic heterocycles. The minimum atomic E-state index is 0.273. The summed E-state index contributed by atoms with van der Waals surface area (Å²) in [6.45, 7) is 9.22. The molecule has 0 bridgehead atoms. The lowest BCUT2D eigenvalue weighted by Gasteiger charge is -2.52. The zero-order chi connectivity index (χ0) is 13.3. The number of carbonyl (C=O) groups excluding carboxylic acids is 1. The van der Waals surface area contributed by atoms with Crippen molar-refractivity contribution in [2.45, 2.75) is 39.5 Å². The highest BCUT2D eigenvalue weighted by molar-refractivity contribution is 5.96. The Morgan fingerprint density at radius 1 is 1.50 bits per heavy atom. The van der Waals surface area contributed by atoms with Crippen molar-refractivity contribution in [1.82, 2.24) is 0 Å². The molecule has 0 spiro atoms. The number of rotatable bonds is 2. The van der Waals surface area contributed by atoms with Gasteiger partial charge in [0.05, 0.1) is 6.61 Å². The van der Waals surface area contributed by atoms with Crippen molar-refractivity contribution in [1.29, 1.82) is 0 Å². The van der Waals surface area contributed by atoms with E-state index in [0.29, 0.717) is 24.9 Å². The molecule has 0 aliphatic heterocycles. The molecule has 1 fully saturated rings. The lowest BCUT2D eigenvalue weighted by molar-refractivity contribution is -0.121. The van der Waals surface area contributed by atoms with Crippen LogP contribution >= 0.6 is 0 Å². The summed E-state index contributed by atoms with van der Waals surface area (Å²) in [6.07, 6.45) is 5.83. The van der Waals surface area contributed by atoms with Crippen LogP contribution in [-0.4, -0.2) is 19.5 Å². The summed E-state index contributed by atoms with van der Waals surface area (Å²) in [5.74, 6) is 1.30. The van der Waals surface area contributed by atoms with Gasteiger partial charge in [-0.3, -0.25) is 4.79 Å². The van der Waals surface area contributed by atoms with Crippen molar-refractivity contribution in [3.8, 4) is 0 Å². The average Bonchev–Trinajstić information content (AvgIpc) is 2.35. The first-order valence-corrected chi connectivity index (χ1v) is 6.84. The number of ether oxygens (including phenoxy) is 1. The molecule has 0 aromatic carbocycles. The van der Waals surface area contributed by atoms with Gasteiger partial charge in [0.2, 0.25) is 0 Å². The molecule has 18 heavy (non-hydrogen) atoms. The molecule has 2 nitrogen and oxygen atoms in total. The second kappa shape index (κ2) is 5.00. The topological polar surface area (TPSA) is 26.3 Å². The lowest BCUT2D eigenvalue weighted by atomic mass is 9.52. The smallest absolute Gasteiger partial charge is 0.161 e. The molecule has 2 rings (SSSR count). The standard InChI is InChI=1S/C16H24O2/c1-11-6-5-7-12(10-18-4)15(17)8-14-13(11)9-16(14,2)3/h7,13-14H,1,5-6,8-10H2,2-4H3/b12-7-/t13-,14+/m0/s1. The van der Waals surface area contributed by atoms with Crippen molar-refractivity contribution < 1.29 is 9.53 Å². The lowest BCUT2D eigenvalue weighted by Crippen LogP contribution is -2.45. The Morgan fingerprint density at radius 3 is 2.83 bits per heavy atom. The summed E-state index contributed by atoms with van der Waals surface area (Å²) in [5, 5.41) is 0. The van der Waals surface area contributed by atoms with E-state index in [4.69, 9.17) is 4.74 Å². The molecule has 0 amide bonds. The van der Waals surface area contributed by atoms with Crippen molar-refractivity contribution in [2.24, 2.45) is 17.3 Å². The molecule has 1 saturated carbocycles. The zero-order valence-electron chi connectivity index (χ0n) is 11.8. The van der Waals surface area contributed by atoms with E-state index in [1.165, 1.54) is 12.0 Å². The van der Waals surface area contributed by atoms with Crippen LogP contribution < -0.4 is 0 Å². The van der Waals surface area contributed by atoms with Crippen LogP contribution in [0.4, 0.5) is 0 Å². The van der Waals surface area contributed by atoms with Gasteiger partial charge in [0.15, 0.2) is 5.78 Å². The number of hydrogen-bond donors (Lipinski definition) is 0. The Balaban J connectivity index is 2.19. The molecular weight excluding hydrogens is 224 g/mol. The van der Waals surface area contributed by atoms with Crippen LogP contribution in [0.3, 0.4) is 0 Å². The van der Waals surface area contributed by atoms with Crippen molar-refractivity contribution in [3.63, 3.8) is 0 Å². The maximum atomic E-state index is 12.3. The second-order valence-corrected chi connectivity index (χ2v) is 6.39. The van der Waals surface area contributed by atoms with Gasteiger partial charge in [0.1, 0.15) is 0 Å². The molecule has 0 aromatic rings. The van der Waals surface area contributed by atoms with Crippen LogP contribution in [0.15, 0.2) is 23.8 Å². The second-order valence-electron chi connectivity index (χ2n) is 6.39. The van der Waals surface area contributed by atoms with Gasteiger partial charge in [-0.1, -0.05) is 32.1 Å². The van der Waals surface area contributed by atoms with Gasteiger partial charge in [-0.15, -0.1) is 0 Å². The van der Waals surface area contributed by atoms with Gasteiger partial charge in [-0.05, 0) is 36.5 Å². The van der Waals surface area contributed by atoms with E-state index in [0.717, 1.165) is 18.4 Å². The van der Waals surface area contributed by atoms with Crippen LogP contribution in [-0.2, 0) is 9.53 Å². The number of methoxy groups -OCH3 is 1. The predicted molar refractivity (Wildman–Crippen MR) is 73.3 cm³/mol. The van der Waals surface area contributed by atoms with E-state index in [1.807, 2.05) is 0 Å². The number of fused-ring (bicyclic) bond motifs is 1. The Bertz CT molecular complexity index is 390. The minimum absolute atomic E-state index is 0.273. The normalized spacial score (nSPS) is 34.5. The number of ketones is 1. The van der Waals surface area contributed by atoms with Gasteiger partial charge in [-0.2, -0.15) is 0 Å². The quantitative estimate of drug-likeness (QED) is 0.699. The highest BCUT2D eigenvalue weighted by Gasteiger charge is 2.48. The van der Waals surface area contributed by atoms with Gasteiger partial charge in [0.25, 0.3) is 0 Å². The summed E-state index contributed by atoms with van der Waals surface area (Å²) >= 11 is 0. The van der Waals surface area contributed by atoms with Gasteiger partial charge < -0.3 is 4.74 Å². The molecule has 0 radical (unpaired) electrons. The Kier molecular flexibility index (Phi) is 3.76. The molecule has 0 saturated heterocycles. The minimum Gasteiger partial charge on any atom is -0.380 e. The maximum Gasteiger partial charge on any atom is 0.161 e. The van der Waals surface area contributed by atoms with E-state index in [-0.39, 0.29) is 11.2 Å². The van der Waals surface area contributed by atoms with E-state index in [1.54, 1.807) is 7.11 Å². The van der Waals surface area contributed by atoms with Gasteiger partial charge >= 0.3 is 0 Å². The van der Waals surface area contributed by atoms with Crippen LogP contribution in [0.25, 0.3) is 0 Å². The van der Waals surface area contributed by atoms with Crippen LogP contribution in [0.1, 0.15) is 39.5 Å². The highest BCUT2D eigenvalue weighted by atomic mass is 16.5. The fourth-order valence-electron chi connectivity index (χ4n) is 3.45. The molecule has 2 heteroatoms. The SMILES string of the molecule is C=C1CC/C=C(/COC)C(=O)C[C@@H]2[C@H]1CC2(C)C. The molecule has 2 aliphatic rings. The van der Waals surface area contributed by atoms with Gasteiger partial charge in [-0.25, -0.2) is 0 Å². The fraction of sp³-hybridized carbons (Fsp3) is 0.688. The summed E-state index contributed by atoms with van der Waals surface area (Å²) in [7, 11) is 1.65. The fourth-order valence-corrected chi connectivity index (χ4v) is 3.45. The number of carbonyl (C=O) groups is 1. The van der Waals surface area contributed by atoms with Crippen molar-refractivity contribution in [3.05, 3.63) is 23.8 Å². The van der Waals surface area contributed by atoms with Crippen LogP contribution in [0.5, 0.6) is 0 Å². The van der Waals surface area contributed by atoms with Crippen molar-refractivity contribution in [2.75, 3.05) is 13.7 Å². The largest absolute Gasteiger partial charge is 0.380 e. The third-order valence-corrected chi connectivity index (χ3v) is 4.68. The van der Waals surface area contributed by atoms with Gasteiger partial charge in [0, 0.05) is 19.1 Å². The average molecular weight is 248 g/mol. The van der Waals surface area contributed by atoms with Crippen molar-refractivity contribution >= 4 is 5.78 Å². The maximum absolute atomic E-state index is 12.3. The summed E-state index contributed by atoms with van der Waals surface area (Å²) < 4.78 is 5.14. The number of hydrogen-bond acceptors (Lipinski definition) is 2.